The molecular weight excluding hydrogens is 218 g/mol. The van der Waals surface area contributed by atoms with E-state index >= 15 is 0 Å². The van der Waals surface area contributed by atoms with Gasteiger partial charge in [-0.3, -0.25) is 0 Å². The minimum absolute atomic E-state index is 0.0283. The van der Waals surface area contributed by atoms with Gasteiger partial charge in [-0.2, -0.15) is 0 Å². The van der Waals surface area contributed by atoms with Gasteiger partial charge in [-0.1, -0.05) is 26.0 Å². The lowest BCUT2D eigenvalue weighted by atomic mass is 10.0. The Morgan fingerprint density at radius 1 is 1.35 bits per heavy atom. The normalized spacial score (nSPS) is 12.8. The van der Waals surface area contributed by atoms with Crippen LogP contribution in [0.4, 0.5) is 0 Å². The van der Waals surface area contributed by atoms with Crippen LogP contribution in [0.2, 0.25) is 0 Å². The Morgan fingerprint density at radius 2 is 2.06 bits per heavy atom. The Hall–Kier alpha value is -1.26. The molecular formula is C13H21NO3. The van der Waals surface area contributed by atoms with Crippen LogP contribution >= 0.6 is 0 Å². The van der Waals surface area contributed by atoms with Crippen molar-refractivity contribution in [1.82, 2.24) is 5.32 Å². The minimum Gasteiger partial charge on any atom is -0.504 e. The Morgan fingerprint density at radius 3 is 2.59 bits per heavy atom. The molecule has 1 atom stereocenters. The molecule has 0 aliphatic rings. The van der Waals surface area contributed by atoms with Crippen molar-refractivity contribution in [2.45, 2.75) is 26.4 Å². The highest BCUT2D eigenvalue weighted by molar-refractivity contribution is 5.45. The van der Waals surface area contributed by atoms with Crippen molar-refractivity contribution < 1.29 is 14.9 Å². The summed E-state index contributed by atoms with van der Waals surface area (Å²) >= 11 is 0. The predicted molar refractivity (Wildman–Crippen MR) is 67.2 cm³/mol. The maximum Gasteiger partial charge on any atom is 0.162 e. The highest BCUT2D eigenvalue weighted by Gasteiger charge is 2.13. The van der Waals surface area contributed by atoms with Gasteiger partial charge in [-0.05, 0) is 12.0 Å². The van der Waals surface area contributed by atoms with Crippen LogP contribution in [-0.2, 0) is 6.54 Å². The molecule has 0 heterocycles. The molecule has 0 bridgehead atoms. The highest BCUT2D eigenvalue weighted by Crippen LogP contribution is 2.29. The highest BCUT2D eigenvalue weighted by atomic mass is 16.5. The topological polar surface area (TPSA) is 61.7 Å². The number of methoxy groups -OCH3 is 1. The SMILES string of the molecule is COc1cccc(CNC(CO)C(C)C)c1O. The van der Waals surface area contributed by atoms with Crippen LogP contribution in [0.25, 0.3) is 0 Å². The third-order valence-electron chi connectivity index (χ3n) is 2.86. The molecule has 17 heavy (non-hydrogen) atoms. The zero-order valence-corrected chi connectivity index (χ0v) is 10.6. The molecule has 0 spiro atoms. The van der Waals surface area contributed by atoms with Gasteiger partial charge in [0.25, 0.3) is 0 Å². The van der Waals surface area contributed by atoms with E-state index in [1.54, 1.807) is 6.07 Å². The summed E-state index contributed by atoms with van der Waals surface area (Å²) < 4.78 is 5.04. The summed E-state index contributed by atoms with van der Waals surface area (Å²) in [6.45, 7) is 4.67. The molecule has 3 N–H and O–H groups in total. The first-order valence-corrected chi connectivity index (χ1v) is 5.79. The Labute approximate surface area is 102 Å². The zero-order valence-electron chi connectivity index (χ0n) is 10.6. The van der Waals surface area contributed by atoms with E-state index < -0.39 is 0 Å². The molecule has 96 valence electrons. The predicted octanol–water partition coefficient (Wildman–Crippen LogP) is 1.51. The monoisotopic (exact) mass is 239 g/mol. The van der Waals surface area contributed by atoms with Gasteiger partial charge in [-0.15, -0.1) is 0 Å². The van der Waals surface area contributed by atoms with Gasteiger partial charge < -0.3 is 20.3 Å². The van der Waals surface area contributed by atoms with Crippen LogP contribution in [0, 0.1) is 5.92 Å². The maximum absolute atomic E-state index is 9.89. The van der Waals surface area contributed by atoms with E-state index in [0.717, 1.165) is 5.56 Å². The number of aromatic hydroxyl groups is 1. The fraction of sp³-hybridized carbons (Fsp3) is 0.538. The largest absolute Gasteiger partial charge is 0.504 e. The number of nitrogens with one attached hydrogen (secondary N) is 1. The van der Waals surface area contributed by atoms with Crippen molar-refractivity contribution in [2.24, 2.45) is 5.92 Å². The second kappa shape index (κ2) is 6.47. The summed E-state index contributed by atoms with van der Waals surface area (Å²) in [6, 6.07) is 5.41. The summed E-state index contributed by atoms with van der Waals surface area (Å²) in [6.07, 6.45) is 0. The van der Waals surface area contributed by atoms with Crippen LogP contribution in [0.15, 0.2) is 18.2 Å². The molecule has 4 nitrogen and oxygen atoms in total. The van der Waals surface area contributed by atoms with Gasteiger partial charge in [0, 0.05) is 18.2 Å². The second-order valence-electron chi connectivity index (χ2n) is 4.38. The number of hydrogen-bond acceptors (Lipinski definition) is 4. The molecule has 1 aromatic carbocycles. The lowest BCUT2D eigenvalue weighted by Crippen LogP contribution is -2.36. The number of hydrogen-bond donors (Lipinski definition) is 3. The van der Waals surface area contributed by atoms with E-state index in [1.807, 2.05) is 26.0 Å². The zero-order chi connectivity index (χ0) is 12.8. The number of benzene rings is 1. The van der Waals surface area contributed by atoms with Crippen LogP contribution < -0.4 is 10.1 Å². The molecule has 1 unspecified atom stereocenters. The number of ether oxygens (including phenoxy) is 1. The Bertz CT molecular complexity index is 353. The molecule has 0 aliphatic heterocycles. The van der Waals surface area contributed by atoms with E-state index in [0.29, 0.717) is 18.2 Å². The van der Waals surface area contributed by atoms with Crippen molar-refractivity contribution >= 4 is 0 Å². The smallest absolute Gasteiger partial charge is 0.162 e. The van der Waals surface area contributed by atoms with E-state index in [-0.39, 0.29) is 18.4 Å². The van der Waals surface area contributed by atoms with Crippen LogP contribution in [-0.4, -0.2) is 30.0 Å². The molecule has 0 aliphatic carbocycles. The van der Waals surface area contributed by atoms with Crippen LogP contribution in [0.3, 0.4) is 0 Å². The molecule has 0 radical (unpaired) electrons. The summed E-state index contributed by atoms with van der Waals surface area (Å²) in [5.41, 5.74) is 0.767. The third-order valence-corrected chi connectivity index (χ3v) is 2.86. The first kappa shape index (κ1) is 13.8. The number of aliphatic hydroxyl groups excluding tert-OH is 1. The standard InChI is InChI=1S/C13H21NO3/c1-9(2)11(8-15)14-7-10-5-4-6-12(17-3)13(10)16/h4-6,9,11,14-16H,7-8H2,1-3H3. The number of aliphatic hydroxyl groups is 1. The van der Waals surface area contributed by atoms with Crippen molar-refractivity contribution in [3.63, 3.8) is 0 Å². The molecule has 4 heteroatoms. The molecule has 0 saturated heterocycles. The third kappa shape index (κ3) is 3.61. The van der Waals surface area contributed by atoms with Gasteiger partial charge in [0.2, 0.25) is 0 Å². The van der Waals surface area contributed by atoms with E-state index in [2.05, 4.69) is 5.32 Å². The summed E-state index contributed by atoms with van der Waals surface area (Å²) in [4.78, 5) is 0. The van der Waals surface area contributed by atoms with Crippen molar-refractivity contribution in [3.05, 3.63) is 23.8 Å². The van der Waals surface area contributed by atoms with Crippen molar-refractivity contribution in [1.29, 1.82) is 0 Å². The molecule has 0 aromatic heterocycles. The molecule has 0 saturated carbocycles. The van der Waals surface area contributed by atoms with Gasteiger partial charge >= 0.3 is 0 Å². The number of rotatable bonds is 6. The van der Waals surface area contributed by atoms with Crippen molar-refractivity contribution in [2.75, 3.05) is 13.7 Å². The Kier molecular flexibility index (Phi) is 5.25. The van der Waals surface area contributed by atoms with Gasteiger partial charge in [0.15, 0.2) is 11.5 Å². The maximum atomic E-state index is 9.89. The molecule has 1 rings (SSSR count). The summed E-state index contributed by atoms with van der Waals surface area (Å²) in [5.74, 6) is 0.963. The second-order valence-corrected chi connectivity index (χ2v) is 4.38. The minimum atomic E-state index is 0.0283. The average Bonchev–Trinajstić information content (AvgIpc) is 2.31. The summed E-state index contributed by atoms with van der Waals surface area (Å²) in [7, 11) is 1.52. The van der Waals surface area contributed by atoms with Gasteiger partial charge in [-0.25, -0.2) is 0 Å². The lowest BCUT2D eigenvalue weighted by molar-refractivity contribution is 0.209. The average molecular weight is 239 g/mol. The number of phenols is 1. The van der Waals surface area contributed by atoms with E-state index in [4.69, 9.17) is 4.74 Å². The molecule has 0 fully saturated rings. The Balaban J connectivity index is 2.69. The van der Waals surface area contributed by atoms with E-state index in [9.17, 15) is 10.2 Å². The van der Waals surface area contributed by atoms with Crippen LogP contribution in [0.5, 0.6) is 11.5 Å². The van der Waals surface area contributed by atoms with E-state index in [1.165, 1.54) is 7.11 Å². The number of phenolic OH excluding ortho intramolecular Hbond substituents is 1. The van der Waals surface area contributed by atoms with Gasteiger partial charge in [0.05, 0.1) is 13.7 Å². The molecule has 1 aromatic rings. The lowest BCUT2D eigenvalue weighted by Gasteiger charge is -2.20. The summed E-state index contributed by atoms with van der Waals surface area (Å²) in [5, 5.41) is 22.3. The molecule has 0 amide bonds. The number of para-hydroxylation sites is 1. The first-order valence-electron chi connectivity index (χ1n) is 5.79. The van der Waals surface area contributed by atoms with Crippen molar-refractivity contribution in [3.8, 4) is 11.5 Å². The fourth-order valence-electron chi connectivity index (χ4n) is 1.63. The first-order chi connectivity index (χ1) is 8.10. The quantitative estimate of drug-likeness (QED) is 0.704. The van der Waals surface area contributed by atoms with Crippen LogP contribution in [0.1, 0.15) is 19.4 Å². The van der Waals surface area contributed by atoms with Gasteiger partial charge in [0.1, 0.15) is 0 Å². The fourth-order valence-corrected chi connectivity index (χ4v) is 1.63.